The average molecular weight is 253 g/mol. The van der Waals surface area contributed by atoms with E-state index in [1.165, 1.54) is 23.9 Å². The maximum Gasteiger partial charge on any atom is 0.276 e. The molecular formula is C11H12FN3OS. The molecule has 1 aromatic heterocycles. The highest BCUT2D eigenvalue weighted by atomic mass is 32.2. The van der Waals surface area contributed by atoms with Crippen LogP contribution in [0.25, 0.3) is 0 Å². The molecule has 0 saturated carbocycles. The van der Waals surface area contributed by atoms with Crippen molar-refractivity contribution in [3.63, 3.8) is 0 Å². The minimum absolute atomic E-state index is 0.238. The first kappa shape index (κ1) is 12.1. The zero-order chi connectivity index (χ0) is 12.1. The topological polar surface area (TPSA) is 64.9 Å². The van der Waals surface area contributed by atoms with Gasteiger partial charge in [0.2, 0.25) is 5.89 Å². The number of nitrogens with two attached hydrogens (primary N) is 1. The summed E-state index contributed by atoms with van der Waals surface area (Å²) in [6.07, 6.45) is 0.577. The van der Waals surface area contributed by atoms with E-state index in [0.717, 1.165) is 5.56 Å². The van der Waals surface area contributed by atoms with E-state index in [4.69, 9.17) is 10.2 Å². The van der Waals surface area contributed by atoms with Gasteiger partial charge >= 0.3 is 0 Å². The second-order valence-electron chi connectivity index (χ2n) is 3.42. The number of aromatic nitrogens is 2. The summed E-state index contributed by atoms with van der Waals surface area (Å²) in [5, 5.41) is 8.20. The number of hydrogen-bond donors (Lipinski definition) is 1. The van der Waals surface area contributed by atoms with Crippen LogP contribution >= 0.6 is 11.8 Å². The summed E-state index contributed by atoms with van der Waals surface area (Å²) in [6, 6.07) is 6.44. The second kappa shape index (κ2) is 5.79. The molecule has 1 aromatic carbocycles. The Morgan fingerprint density at radius 2 is 2.24 bits per heavy atom. The summed E-state index contributed by atoms with van der Waals surface area (Å²) in [4.78, 5) is 0. The predicted molar refractivity (Wildman–Crippen MR) is 63.0 cm³/mol. The monoisotopic (exact) mass is 253 g/mol. The van der Waals surface area contributed by atoms with Crippen molar-refractivity contribution >= 4 is 11.8 Å². The maximum absolute atomic E-state index is 12.9. The van der Waals surface area contributed by atoms with Crippen LogP contribution in [0.3, 0.4) is 0 Å². The van der Waals surface area contributed by atoms with Crippen LogP contribution in [0.4, 0.5) is 4.39 Å². The van der Waals surface area contributed by atoms with E-state index in [0.29, 0.717) is 29.8 Å². The number of thioether (sulfide) groups is 1. The number of hydrogen-bond acceptors (Lipinski definition) is 5. The Bertz CT molecular complexity index is 489. The van der Waals surface area contributed by atoms with Crippen LogP contribution in [-0.2, 0) is 12.2 Å². The fraction of sp³-hybridized carbons (Fsp3) is 0.273. The van der Waals surface area contributed by atoms with Gasteiger partial charge in [-0.25, -0.2) is 4.39 Å². The Morgan fingerprint density at radius 3 is 3.00 bits per heavy atom. The average Bonchev–Trinajstić information content (AvgIpc) is 2.75. The molecule has 0 aliphatic rings. The SMILES string of the molecule is NCCc1nnc(SCc2cccc(F)c2)o1. The van der Waals surface area contributed by atoms with Gasteiger partial charge in [-0.05, 0) is 17.7 Å². The summed E-state index contributed by atoms with van der Waals surface area (Å²) in [5.74, 6) is 0.897. The molecule has 4 nitrogen and oxygen atoms in total. The number of rotatable bonds is 5. The van der Waals surface area contributed by atoms with E-state index < -0.39 is 0 Å². The van der Waals surface area contributed by atoms with Crippen molar-refractivity contribution in [2.75, 3.05) is 6.54 Å². The maximum atomic E-state index is 12.9. The first-order valence-electron chi connectivity index (χ1n) is 5.17. The highest BCUT2D eigenvalue weighted by Gasteiger charge is 2.06. The van der Waals surface area contributed by atoms with E-state index in [-0.39, 0.29) is 5.82 Å². The van der Waals surface area contributed by atoms with Crippen LogP contribution in [0.15, 0.2) is 33.9 Å². The molecule has 0 radical (unpaired) electrons. The third-order valence-electron chi connectivity index (χ3n) is 2.06. The fourth-order valence-electron chi connectivity index (χ4n) is 1.29. The Balaban J connectivity index is 1.93. The molecule has 0 atom stereocenters. The van der Waals surface area contributed by atoms with Gasteiger partial charge < -0.3 is 10.2 Å². The predicted octanol–water partition coefficient (Wildman–Crippen LogP) is 2.00. The summed E-state index contributed by atoms with van der Waals surface area (Å²) < 4.78 is 18.3. The van der Waals surface area contributed by atoms with E-state index in [9.17, 15) is 4.39 Å². The van der Waals surface area contributed by atoms with Gasteiger partial charge in [-0.3, -0.25) is 0 Å². The number of halogens is 1. The Morgan fingerprint density at radius 1 is 1.35 bits per heavy atom. The highest BCUT2D eigenvalue weighted by molar-refractivity contribution is 7.98. The molecule has 2 aromatic rings. The number of benzene rings is 1. The molecule has 0 unspecified atom stereocenters. The van der Waals surface area contributed by atoms with Crippen LogP contribution in [0.1, 0.15) is 11.5 Å². The van der Waals surface area contributed by atoms with Crippen LogP contribution in [0, 0.1) is 5.82 Å². The van der Waals surface area contributed by atoms with Gasteiger partial charge in [0.25, 0.3) is 5.22 Å². The molecule has 0 fully saturated rings. The third-order valence-corrected chi connectivity index (χ3v) is 2.95. The molecule has 0 aliphatic carbocycles. The Kier molecular flexibility index (Phi) is 4.11. The lowest BCUT2D eigenvalue weighted by Crippen LogP contribution is -2.02. The van der Waals surface area contributed by atoms with Crippen molar-refractivity contribution in [2.45, 2.75) is 17.4 Å². The fourth-order valence-corrected chi connectivity index (χ4v) is 2.02. The van der Waals surface area contributed by atoms with Crippen LogP contribution in [0.5, 0.6) is 0 Å². The van der Waals surface area contributed by atoms with E-state index in [2.05, 4.69) is 10.2 Å². The number of nitrogens with zero attached hydrogens (tertiary/aromatic N) is 2. The Labute approximate surface area is 102 Å². The third kappa shape index (κ3) is 3.54. The smallest absolute Gasteiger partial charge is 0.276 e. The molecular weight excluding hydrogens is 241 g/mol. The largest absolute Gasteiger partial charge is 0.416 e. The van der Waals surface area contributed by atoms with Gasteiger partial charge in [-0.2, -0.15) is 0 Å². The summed E-state index contributed by atoms with van der Waals surface area (Å²) in [5.41, 5.74) is 6.26. The van der Waals surface area contributed by atoms with E-state index in [1.54, 1.807) is 6.07 Å². The van der Waals surface area contributed by atoms with Crippen LogP contribution in [-0.4, -0.2) is 16.7 Å². The lowest BCUT2D eigenvalue weighted by atomic mass is 10.2. The summed E-state index contributed by atoms with van der Waals surface area (Å²) >= 11 is 1.38. The van der Waals surface area contributed by atoms with Crippen molar-refractivity contribution in [1.29, 1.82) is 0 Å². The van der Waals surface area contributed by atoms with Gasteiger partial charge in [-0.1, -0.05) is 23.9 Å². The summed E-state index contributed by atoms with van der Waals surface area (Å²) in [6.45, 7) is 0.482. The first-order valence-corrected chi connectivity index (χ1v) is 6.16. The molecule has 1 heterocycles. The van der Waals surface area contributed by atoms with Gasteiger partial charge in [0.1, 0.15) is 5.82 Å². The summed E-state index contributed by atoms with van der Waals surface area (Å²) in [7, 11) is 0. The lowest BCUT2D eigenvalue weighted by Gasteiger charge is -1.97. The Hall–Kier alpha value is -1.40. The van der Waals surface area contributed by atoms with E-state index in [1.807, 2.05) is 6.07 Å². The first-order chi connectivity index (χ1) is 8.28. The normalized spacial score (nSPS) is 10.7. The van der Waals surface area contributed by atoms with Gasteiger partial charge in [0, 0.05) is 18.7 Å². The standard InChI is InChI=1S/C11H12FN3OS/c12-9-3-1-2-8(6-9)7-17-11-15-14-10(16-11)4-5-13/h1-3,6H,4-5,7,13H2. The quantitative estimate of drug-likeness (QED) is 0.826. The lowest BCUT2D eigenvalue weighted by molar-refractivity contribution is 0.414. The minimum Gasteiger partial charge on any atom is -0.416 e. The van der Waals surface area contributed by atoms with Gasteiger partial charge in [-0.15, -0.1) is 10.2 Å². The molecule has 6 heteroatoms. The molecule has 90 valence electrons. The van der Waals surface area contributed by atoms with Crippen molar-refractivity contribution in [2.24, 2.45) is 5.73 Å². The van der Waals surface area contributed by atoms with Gasteiger partial charge in [0.15, 0.2) is 0 Å². The van der Waals surface area contributed by atoms with Crippen molar-refractivity contribution in [3.8, 4) is 0 Å². The molecule has 0 bridgehead atoms. The molecule has 17 heavy (non-hydrogen) atoms. The second-order valence-corrected chi connectivity index (χ2v) is 4.35. The van der Waals surface area contributed by atoms with Crippen LogP contribution < -0.4 is 5.73 Å². The zero-order valence-corrected chi connectivity index (χ0v) is 9.91. The minimum atomic E-state index is -0.238. The van der Waals surface area contributed by atoms with Crippen molar-refractivity contribution in [1.82, 2.24) is 10.2 Å². The molecule has 0 spiro atoms. The van der Waals surface area contributed by atoms with Crippen LogP contribution in [0.2, 0.25) is 0 Å². The molecule has 2 N–H and O–H groups in total. The highest BCUT2D eigenvalue weighted by Crippen LogP contribution is 2.21. The molecule has 0 amide bonds. The van der Waals surface area contributed by atoms with Crippen molar-refractivity contribution < 1.29 is 8.81 Å². The molecule has 0 aliphatic heterocycles. The van der Waals surface area contributed by atoms with Gasteiger partial charge in [0.05, 0.1) is 0 Å². The zero-order valence-electron chi connectivity index (χ0n) is 9.10. The van der Waals surface area contributed by atoms with Crippen molar-refractivity contribution in [3.05, 3.63) is 41.5 Å². The van der Waals surface area contributed by atoms with E-state index >= 15 is 0 Å². The molecule has 2 rings (SSSR count). The molecule has 0 saturated heterocycles.